The van der Waals surface area contributed by atoms with Crippen LogP contribution < -0.4 is 5.32 Å². The van der Waals surface area contributed by atoms with Gasteiger partial charge >= 0.3 is 0 Å². The molecule has 4 rings (SSSR count). The van der Waals surface area contributed by atoms with Crippen LogP contribution in [0.1, 0.15) is 38.2 Å². The first-order valence-electron chi connectivity index (χ1n) is 8.60. The van der Waals surface area contributed by atoms with Crippen molar-refractivity contribution in [1.29, 1.82) is 0 Å². The number of aromatic nitrogens is 1. The third-order valence-electron chi connectivity index (χ3n) is 4.91. The minimum Gasteiger partial charge on any atom is -0.302 e. The molecule has 5 heteroatoms. The molecular weight excluding hydrogens is 306 g/mol. The van der Waals surface area contributed by atoms with Crippen LogP contribution in [0.2, 0.25) is 0 Å². The van der Waals surface area contributed by atoms with Crippen LogP contribution in [0.3, 0.4) is 0 Å². The Bertz CT molecular complexity index is 714. The van der Waals surface area contributed by atoms with Gasteiger partial charge in [0, 0.05) is 12.5 Å². The predicted molar refractivity (Wildman–Crippen MR) is 94.6 cm³/mol. The first-order valence-corrected chi connectivity index (χ1v) is 9.42. The molecule has 0 bridgehead atoms. The lowest BCUT2D eigenvalue weighted by Gasteiger charge is -2.30. The van der Waals surface area contributed by atoms with Crippen LogP contribution in [0, 0.1) is 11.8 Å². The SMILES string of the molecule is CC1CCN(Cc2ccc3nc(NC(=O)C4CC4)sc3c2)CC1. The van der Waals surface area contributed by atoms with E-state index in [0.717, 1.165) is 36.0 Å². The van der Waals surface area contributed by atoms with Crippen molar-refractivity contribution in [3.63, 3.8) is 0 Å². The molecule has 1 aliphatic carbocycles. The van der Waals surface area contributed by atoms with Crippen molar-refractivity contribution >= 4 is 32.6 Å². The molecule has 1 saturated heterocycles. The van der Waals surface area contributed by atoms with Gasteiger partial charge in [0.15, 0.2) is 5.13 Å². The molecule has 1 aliphatic heterocycles. The number of likely N-dealkylation sites (tertiary alicyclic amines) is 1. The number of piperidine rings is 1. The molecular formula is C18H23N3OS. The van der Waals surface area contributed by atoms with Gasteiger partial charge in [-0.1, -0.05) is 24.3 Å². The van der Waals surface area contributed by atoms with E-state index in [9.17, 15) is 4.79 Å². The molecule has 1 N–H and O–H groups in total. The van der Waals surface area contributed by atoms with Gasteiger partial charge in [-0.3, -0.25) is 9.69 Å². The predicted octanol–water partition coefficient (Wildman–Crippen LogP) is 3.88. The molecule has 122 valence electrons. The number of fused-ring (bicyclic) bond motifs is 1. The molecule has 0 unspecified atom stereocenters. The third kappa shape index (κ3) is 3.56. The second-order valence-corrected chi connectivity index (χ2v) is 8.07. The van der Waals surface area contributed by atoms with Crippen LogP contribution in [0.5, 0.6) is 0 Å². The highest BCUT2D eigenvalue weighted by Gasteiger charge is 2.30. The number of amides is 1. The first kappa shape index (κ1) is 15.1. The van der Waals surface area contributed by atoms with Crippen molar-refractivity contribution in [3.8, 4) is 0 Å². The fraction of sp³-hybridized carbons (Fsp3) is 0.556. The Morgan fingerprint density at radius 2 is 2.09 bits per heavy atom. The number of anilines is 1. The zero-order chi connectivity index (χ0) is 15.8. The molecule has 2 heterocycles. The van der Waals surface area contributed by atoms with Crippen LogP contribution >= 0.6 is 11.3 Å². The minimum absolute atomic E-state index is 0.131. The molecule has 2 aromatic rings. The molecule has 4 nitrogen and oxygen atoms in total. The first-order chi connectivity index (χ1) is 11.2. The topological polar surface area (TPSA) is 45.2 Å². The van der Waals surface area contributed by atoms with E-state index in [-0.39, 0.29) is 11.8 Å². The van der Waals surface area contributed by atoms with E-state index in [1.165, 1.54) is 36.2 Å². The van der Waals surface area contributed by atoms with E-state index >= 15 is 0 Å². The lowest BCUT2D eigenvalue weighted by Crippen LogP contribution is -2.32. The minimum atomic E-state index is 0.131. The highest BCUT2D eigenvalue weighted by atomic mass is 32.1. The molecule has 1 saturated carbocycles. The van der Waals surface area contributed by atoms with Crippen molar-refractivity contribution in [2.75, 3.05) is 18.4 Å². The van der Waals surface area contributed by atoms with Gasteiger partial charge in [-0.25, -0.2) is 4.98 Å². The van der Waals surface area contributed by atoms with Gasteiger partial charge in [-0.05, 0) is 62.4 Å². The molecule has 2 aliphatic rings. The molecule has 1 amide bonds. The Morgan fingerprint density at radius 1 is 1.30 bits per heavy atom. The number of carbonyl (C=O) groups is 1. The summed E-state index contributed by atoms with van der Waals surface area (Å²) in [6, 6.07) is 6.49. The summed E-state index contributed by atoms with van der Waals surface area (Å²) in [5, 5.41) is 3.69. The number of nitrogens with one attached hydrogen (secondary N) is 1. The van der Waals surface area contributed by atoms with Crippen LogP contribution in [-0.4, -0.2) is 28.9 Å². The summed E-state index contributed by atoms with van der Waals surface area (Å²) in [4.78, 5) is 18.9. The van der Waals surface area contributed by atoms with E-state index in [0.29, 0.717) is 0 Å². The smallest absolute Gasteiger partial charge is 0.229 e. The van der Waals surface area contributed by atoms with Crippen LogP contribution in [-0.2, 0) is 11.3 Å². The monoisotopic (exact) mass is 329 g/mol. The fourth-order valence-corrected chi connectivity index (χ4v) is 4.08. The number of hydrogen-bond donors (Lipinski definition) is 1. The van der Waals surface area contributed by atoms with E-state index in [1.54, 1.807) is 11.3 Å². The van der Waals surface area contributed by atoms with Gasteiger partial charge in [-0.15, -0.1) is 0 Å². The second kappa shape index (κ2) is 6.21. The molecule has 2 fully saturated rings. The molecule has 1 aromatic heterocycles. The van der Waals surface area contributed by atoms with E-state index in [4.69, 9.17) is 0 Å². The van der Waals surface area contributed by atoms with Gasteiger partial charge in [0.05, 0.1) is 10.2 Å². The van der Waals surface area contributed by atoms with Crippen LogP contribution in [0.4, 0.5) is 5.13 Å². The zero-order valence-corrected chi connectivity index (χ0v) is 14.4. The van der Waals surface area contributed by atoms with Crippen molar-refractivity contribution in [1.82, 2.24) is 9.88 Å². The zero-order valence-electron chi connectivity index (χ0n) is 13.5. The van der Waals surface area contributed by atoms with Crippen LogP contribution in [0.25, 0.3) is 10.2 Å². The number of benzene rings is 1. The normalized spacial score (nSPS) is 20.0. The number of nitrogens with zero attached hydrogens (tertiary/aromatic N) is 2. The summed E-state index contributed by atoms with van der Waals surface area (Å²) in [5.41, 5.74) is 2.33. The fourth-order valence-electron chi connectivity index (χ4n) is 3.15. The summed E-state index contributed by atoms with van der Waals surface area (Å²) < 4.78 is 1.17. The molecule has 0 atom stereocenters. The number of hydrogen-bond acceptors (Lipinski definition) is 4. The van der Waals surface area contributed by atoms with Crippen molar-refractivity contribution < 1.29 is 4.79 Å². The standard InChI is InChI=1S/C18H23N3OS/c1-12-6-8-21(9-7-12)11-13-2-5-15-16(10-13)23-18(19-15)20-17(22)14-3-4-14/h2,5,10,12,14H,3-4,6-9,11H2,1H3,(H,19,20,22). The van der Waals surface area contributed by atoms with Crippen molar-refractivity contribution in [2.24, 2.45) is 11.8 Å². The van der Waals surface area contributed by atoms with Crippen molar-refractivity contribution in [3.05, 3.63) is 23.8 Å². The number of carbonyl (C=O) groups excluding carboxylic acids is 1. The Hall–Kier alpha value is -1.46. The lowest BCUT2D eigenvalue weighted by atomic mass is 9.99. The van der Waals surface area contributed by atoms with E-state index < -0.39 is 0 Å². The maximum atomic E-state index is 11.9. The number of rotatable bonds is 4. The maximum Gasteiger partial charge on any atom is 0.229 e. The third-order valence-corrected chi connectivity index (χ3v) is 5.85. The maximum absolute atomic E-state index is 11.9. The molecule has 1 aromatic carbocycles. The van der Waals surface area contributed by atoms with Crippen LogP contribution in [0.15, 0.2) is 18.2 Å². The Labute approximate surface area is 140 Å². The average Bonchev–Trinajstić information content (AvgIpc) is 3.31. The summed E-state index contributed by atoms with van der Waals surface area (Å²) in [6.07, 6.45) is 4.66. The molecule has 0 radical (unpaired) electrons. The molecule has 23 heavy (non-hydrogen) atoms. The average molecular weight is 329 g/mol. The quantitative estimate of drug-likeness (QED) is 0.926. The largest absolute Gasteiger partial charge is 0.302 e. The van der Waals surface area contributed by atoms with E-state index in [2.05, 4.69) is 40.3 Å². The highest BCUT2D eigenvalue weighted by molar-refractivity contribution is 7.22. The summed E-state index contributed by atoms with van der Waals surface area (Å²) in [5.74, 6) is 1.22. The lowest BCUT2D eigenvalue weighted by molar-refractivity contribution is -0.117. The van der Waals surface area contributed by atoms with E-state index in [1.807, 2.05) is 0 Å². The Balaban J connectivity index is 1.45. The molecule has 0 spiro atoms. The highest BCUT2D eigenvalue weighted by Crippen LogP contribution is 2.32. The van der Waals surface area contributed by atoms with Gasteiger partial charge in [0.2, 0.25) is 5.91 Å². The summed E-state index contributed by atoms with van der Waals surface area (Å²) >= 11 is 1.59. The Kier molecular flexibility index (Phi) is 4.07. The van der Waals surface area contributed by atoms with Gasteiger partial charge in [0.1, 0.15) is 0 Å². The van der Waals surface area contributed by atoms with Crippen molar-refractivity contribution in [2.45, 2.75) is 39.2 Å². The summed E-state index contributed by atoms with van der Waals surface area (Å²) in [6.45, 7) is 5.76. The number of thiazole rings is 1. The van der Waals surface area contributed by atoms with Gasteiger partial charge < -0.3 is 5.32 Å². The van der Waals surface area contributed by atoms with Gasteiger partial charge in [-0.2, -0.15) is 0 Å². The Morgan fingerprint density at radius 3 is 2.83 bits per heavy atom. The summed E-state index contributed by atoms with van der Waals surface area (Å²) in [7, 11) is 0. The second-order valence-electron chi connectivity index (χ2n) is 7.04. The van der Waals surface area contributed by atoms with Gasteiger partial charge in [0.25, 0.3) is 0 Å².